The van der Waals surface area contributed by atoms with E-state index in [1.807, 2.05) is 31.2 Å². The Hall–Kier alpha value is -3.12. The smallest absolute Gasteiger partial charge is 0.295 e. The molecule has 0 spiro atoms. The predicted molar refractivity (Wildman–Crippen MR) is 135 cm³/mol. The number of ketones is 1. The number of hydrogen-bond donors (Lipinski definition) is 1. The fourth-order valence-electron chi connectivity index (χ4n) is 4.34. The first-order valence-electron chi connectivity index (χ1n) is 12.2. The zero-order valence-electron chi connectivity index (χ0n) is 20.9. The number of likely N-dealkylation sites (tertiary alicyclic amines) is 1. The van der Waals surface area contributed by atoms with Gasteiger partial charge in [0.25, 0.3) is 11.7 Å². The van der Waals surface area contributed by atoms with Crippen molar-refractivity contribution in [3.8, 4) is 5.75 Å². The van der Waals surface area contributed by atoms with Gasteiger partial charge in [-0.2, -0.15) is 0 Å². The summed E-state index contributed by atoms with van der Waals surface area (Å²) >= 11 is 0. The first-order valence-corrected chi connectivity index (χ1v) is 12.2. The van der Waals surface area contributed by atoms with E-state index in [0.29, 0.717) is 36.9 Å². The average molecular weight is 465 g/mol. The van der Waals surface area contributed by atoms with Crippen LogP contribution in [0.5, 0.6) is 5.75 Å². The number of carbonyl (C=O) groups is 2. The summed E-state index contributed by atoms with van der Waals surface area (Å²) in [6.07, 6.45) is 0. The van der Waals surface area contributed by atoms with Crippen LogP contribution < -0.4 is 4.74 Å². The molecule has 0 aromatic heterocycles. The third kappa shape index (κ3) is 5.33. The average Bonchev–Trinajstić information content (AvgIpc) is 3.10. The second-order valence-corrected chi connectivity index (χ2v) is 8.80. The van der Waals surface area contributed by atoms with Crippen molar-refractivity contribution < 1.29 is 19.4 Å². The molecule has 0 aliphatic carbocycles. The van der Waals surface area contributed by atoms with E-state index in [1.54, 1.807) is 29.2 Å². The van der Waals surface area contributed by atoms with Crippen molar-refractivity contribution in [1.82, 2.24) is 9.80 Å². The number of benzene rings is 2. The Labute approximate surface area is 202 Å². The number of hydrogen-bond acceptors (Lipinski definition) is 5. The third-order valence-corrected chi connectivity index (χ3v) is 6.45. The molecule has 0 radical (unpaired) electrons. The standard InChI is InChI=1S/C28H36N2O4/c1-6-29(7-2)17-18-30-25(21-11-9-20(10-12-21)19(4)5)24(27(32)28(30)33)26(31)22-13-15-23(16-14-22)34-8-3/h9-16,19,25,31H,6-8,17-18H2,1-5H3/b26-24+. The molecule has 34 heavy (non-hydrogen) atoms. The zero-order chi connectivity index (χ0) is 24.8. The molecule has 2 aromatic rings. The molecule has 6 nitrogen and oxygen atoms in total. The van der Waals surface area contributed by atoms with Crippen LogP contribution in [0, 0.1) is 0 Å². The number of aliphatic hydroxyl groups excluding tert-OH is 1. The molecule has 1 fully saturated rings. The lowest BCUT2D eigenvalue weighted by molar-refractivity contribution is -0.140. The number of amides is 1. The lowest BCUT2D eigenvalue weighted by atomic mass is 9.93. The zero-order valence-corrected chi connectivity index (χ0v) is 20.9. The van der Waals surface area contributed by atoms with Gasteiger partial charge >= 0.3 is 0 Å². The Morgan fingerprint density at radius 2 is 1.62 bits per heavy atom. The maximum absolute atomic E-state index is 13.2. The lowest BCUT2D eigenvalue weighted by Crippen LogP contribution is -2.38. The number of nitrogens with zero attached hydrogens (tertiary/aromatic N) is 2. The number of likely N-dealkylation sites (N-methyl/N-ethyl adjacent to an activating group) is 1. The molecule has 3 rings (SSSR count). The van der Waals surface area contributed by atoms with Crippen LogP contribution in [0.3, 0.4) is 0 Å². The first kappa shape index (κ1) is 25.5. The Bertz CT molecular complexity index is 1020. The highest BCUT2D eigenvalue weighted by Gasteiger charge is 2.45. The second kappa shape index (κ2) is 11.3. The molecular weight excluding hydrogens is 428 g/mol. The van der Waals surface area contributed by atoms with Gasteiger partial charge in [-0.15, -0.1) is 0 Å². The van der Waals surface area contributed by atoms with Crippen LogP contribution in [0.25, 0.3) is 5.76 Å². The third-order valence-electron chi connectivity index (χ3n) is 6.45. The van der Waals surface area contributed by atoms with Gasteiger partial charge in [0, 0.05) is 18.7 Å². The number of aliphatic hydroxyl groups is 1. The summed E-state index contributed by atoms with van der Waals surface area (Å²) in [5, 5.41) is 11.2. The molecule has 1 unspecified atom stereocenters. The van der Waals surface area contributed by atoms with E-state index in [9.17, 15) is 14.7 Å². The minimum atomic E-state index is -0.649. The Balaban J connectivity index is 2.06. The Morgan fingerprint density at radius 3 is 2.15 bits per heavy atom. The van der Waals surface area contributed by atoms with Gasteiger partial charge in [0.15, 0.2) is 0 Å². The molecule has 2 aromatic carbocycles. The summed E-state index contributed by atoms with van der Waals surface area (Å²) in [5.41, 5.74) is 2.60. The van der Waals surface area contributed by atoms with Crippen molar-refractivity contribution in [2.75, 3.05) is 32.8 Å². The number of carbonyl (C=O) groups excluding carboxylic acids is 2. The second-order valence-electron chi connectivity index (χ2n) is 8.80. The fourth-order valence-corrected chi connectivity index (χ4v) is 4.34. The molecule has 0 bridgehead atoms. The van der Waals surface area contributed by atoms with Gasteiger partial charge in [0.2, 0.25) is 0 Å². The molecule has 1 aliphatic heterocycles. The van der Waals surface area contributed by atoms with Crippen LogP contribution in [0.4, 0.5) is 0 Å². The van der Waals surface area contributed by atoms with Gasteiger partial charge in [-0.05, 0) is 61.3 Å². The normalized spacial score (nSPS) is 17.7. The molecular formula is C28H36N2O4. The lowest BCUT2D eigenvalue weighted by Gasteiger charge is -2.28. The van der Waals surface area contributed by atoms with Crippen molar-refractivity contribution in [3.05, 3.63) is 70.8 Å². The van der Waals surface area contributed by atoms with Crippen LogP contribution in [0.15, 0.2) is 54.1 Å². The highest BCUT2D eigenvalue weighted by Crippen LogP contribution is 2.39. The summed E-state index contributed by atoms with van der Waals surface area (Å²) in [6.45, 7) is 13.6. The minimum Gasteiger partial charge on any atom is -0.507 e. The van der Waals surface area contributed by atoms with Crippen molar-refractivity contribution in [1.29, 1.82) is 0 Å². The van der Waals surface area contributed by atoms with Gasteiger partial charge in [-0.3, -0.25) is 9.59 Å². The van der Waals surface area contributed by atoms with Gasteiger partial charge in [0.05, 0.1) is 18.2 Å². The molecule has 0 saturated carbocycles. The summed E-state index contributed by atoms with van der Waals surface area (Å²) in [6, 6.07) is 14.3. The van der Waals surface area contributed by atoms with Crippen molar-refractivity contribution >= 4 is 17.4 Å². The summed E-state index contributed by atoms with van der Waals surface area (Å²) < 4.78 is 5.49. The summed E-state index contributed by atoms with van der Waals surface area (Å²) in [5.74, 6) is -0.336. The predicted octanol–water partition coefficient (Wildman–Crippen LogP) is 4.97. The molecule has 1 heterocycles. The minimum absolute atomic E-state index is 0.131. The monoisotopic (exact) mass is 464 g/mol. The molecule has 1 N–H and O–H groups in total. The van der Waals surface area contributed by atoms with Crippen molar-refractivity contribution in [2.45, 2.75) is 46.6 Å². The van der Waals surface area contributed by atoms with Crippen LogP contribution in [0.1, 0.15) is 63.3 Å². The van der Waals surface area contributed by atoms with Crippen LogP contribution in [0.2, 0.25) is 0 Å². The molecule has 1 amide bonds. The highest BCUT2D eigenvalue weighted by atomic mass is 16.5. The summed E-state index contributed by atoms with van der Waals surface area (Å²) in [7, 11) is 0. The first-order chi connectivity index (χ1) is 16.3. The SMILES string of the molecule is CCOc1ccc(/C(O)=C2\C(=O)C(=O)N(CCN(CC)CC)C2c2ccc(C(C)C)cc2)cc1. The maximum atomic E-state index is 13.2. The van der Waals surface area contributed by atoms with Gasteiger partial charge < -0.3 is 19.6 Å². The number of rotatable bonds is 10. The van der Waals surface area contributed by atoms with E-state index < -0.39 is 17.7 Å². The Kier molecular flexibility index (Phi) is 8.51. The van der Waals surface area contributed by atoms with Crippen LogP contribution in [-0.4, -0.2) is 59.4 Å². The van der Waals surface area contributed by atoms with Crippen LogP contribution >= 0.6 is 0 Å². The quantitative estimate of drug-likeness (QED) is 0.305. The molecule has 1 atom stereocenters. The van der Waals surface area contributed by atoms with E-state index >= 15 is 0 Å². The van der Waals surface area contributed by atoms with Gasteiger partial charge in [0.1, 0.15) is 11.5 Å². The summed E-state index contributed by atoms with van der Waals surface area (Å²) in [4.78, 5) is 30.1. The highest BCUT2D eigenvalue weighted by molar-refractivity contribution is 6.46. The fraction of sp³-hybridized carbons (Fsp3) is 0.429. The molecule has 182 valence electrons. The van der Waals surface area contributed by atoms with E-state index in [1.165, 1.54) is 5.56 Å². The maximum Gasteiger partial charge on any atom is 0.295 e. The van der Waals surface area contributed by atoms with Crippen molar-refractivity contribution in [2.24, 2.45) is 0 Å². The number of Topliss-reactive ketones (excluding diaryl/α,β-unsaturated/α-hetero) is 1. The largest absolute Gasteiger partial charge is 0.507 e. The number of ether oxygens (including phenoxy) is 1. The van der Waals surface area contributed by atoms with Crippen LogP contribution in [-0.2, 0) is 9.59 Å². The molecule has 1 saturated heterocycles. The Morgan fingerprint density at radius 1 is 1.00 bits per heavy atom. The van der Waals surface area contributed by atoms with Crippen molar-refractivity contribution in [3.63, 3.8) is 0 Å². The molecule has 1 aliphatic rings. The van der Waals surface area contributed by atoms with E-state index in [2.05, 4.69) is 32.6 Å². The van der Waals surface area contributed by atoms with E-state index in [4.69, 9.17) is 4.74 Å². The topological polar surface area (TPSA) is 70.1 Å². The molecule has 6 heteroatoms. The van der Waals surface area contributed by atoms with Gasteiger partial charge in [-0.1, -0.05) is 52.0 Å². The van der Waals surface area contributed by atoms with Gasteiger partial charge in [-0.25, -0.2) is 0 Å². The van der Waals surface area contributed by atoms with E-state index in [0.717, 1.165) is 18.7 Å². The van der Waals surface area contributed by atoms with E-state index in [-0.39, 0.29) is 11.3 Å².